The monoisotopic (exact) mass is 412 g/mol. The smallest absolute Gasteiger partial charge is 0.337 e. The number of amides is 3. The van der Waals surface area contributed by atoms with Crippen LogP contribution >= 0.6 is 11.3 Å². The fraction of sp³-hybridized carbons (Fsp3) is 0.200. The lowest BCUT2D eigenvalue weighted by molar-refractivity contribution is -0.115. The Labute approximate surface area is 171 Å². The molecular weight excluding hydrogens is 392 g/mol. The van der Waals surface area contributed by atoms with Gasteiger partial charge in [0.05, 0.1) is 22.9 Å². The van der Waals surface area contributed by atoms with Gasteiger partial charge in [-0.15, -0.1) is 0 Å². The topological polar surface area (TPSA) is 109 Å². The average molecular weight is 412 g/mol. The van der Waals surface area contributed by atoms with Crippen LogP contribution in [0, 0.1) is 6.92 Å². The maximum atomic E-state index is 12.3. The largest absolute Gasteiger partial charge is 0.465 e. The third-order valence-electron chi connectivity index (χ3n) is 4.07. The van der Waals surface area contributed by atoms with Gasteiger partial charge in [-0.05, 0) is 48.9 Å². The molecule has 8 nitrogen and oxygen atoms in total. The van der Waals surface area contributed by atoms with Gasteiger partial charge in [-0.2, -0.15) is 0 Å². The third kappa shape index (κ3) is 4.88. The quantitative estimate of drug-likeness (QED) is 0.539. The van der Waals surface area contributed by atoms with Crippen LogP contribution in [-0.4, -0.2) is 30.0 Å². The second-order valence-electron chi connectivity index (χ2n) is 6.21. The number of carbonyl (C=O) groups excluding carboxylic acids is 3. The standard InChI is InChI=1S/C20H20N4O4S/c1-4-16(25)23-20-24-17-11(2)9-14(10-15(17)29-20)22-19(27)21-13-7-5-12(6-8-13)18(26)28-3/h5-10H,4H2,1-3H3,(H2,21,22,27)(H,23,24,25). The molecular formula is C20H20N4O4S. The van der Waals surface area contributed by atoms with E-state index in [1.807, 2.05) is 19.1 Å². The molecule has 0 spiro atoms. The Kier molecular flexibility index (Phi) is 6.08. The fourth-order valence-electron chi connectivity index (χ4n) is 2.63. The summed E-state index contributed by atoms with van der Waals surface area (Å²) in [6.07, 6.45) is 0.377. The van der Waals surface area contributed by atoms with Crippen LogP contribution < -0.4 is 16.0 Å². The van der Waals surface area contributed by atoms with Crippen LogP contribution in [0.4, 0.5) is 21.3 Å². The number of fused-ring (bicyclic) bond motifs is 1. The summed E-state index contributed by atoms with van der Waals surface area (Å²) in [4.78, 5) is 39.8. The summed E-state index contributed by atoms with van der Waals surface area (Å²) in [5.41, 5.74) is 3.21. The van der Waals surface area contributed by atoms with Crippen molar-refractivity contribution in [3.05, 3.63) is 47.5 Å². The molecule has 3 rings (SSSR count). The molecule has 0 radical (unpaired) electrons. The van der Waals surface area contributed by atoms with Crippen LogP contribution in [0.1, 0.15) is 29.3 Å². The number of hydrogen-bond acceptors (Lipinski definition) is 6. The van der Waals surface area contributed by atoms with Crippen molar-refractivity contribution in [3.8, 4) is 0 Å². The van der Waals surface area contributed by atoms with Crippen molar-refractivity contribution in [2.45, 2.75) is 20.3 Å². The molecule has 0 unspecified atom stereocenters. The number of ether oxygens (including phenoxy) is 1. The van der Waals surface area contributed by atoms with Gasteiger partial charge in [0.1, 0.15) is 0 Å². The van der Waals surface area contributed by atoms with Crippen molar-refractivity contribution in [1.29, 1.82) is 0 Å². The molecule has 3 N–H and O–H groups in total. The first kappa shape index (κ1) is 20.3. The van der Waals surface area contributed by atoms with E-state index in [-0.39, 0.29) is 5.91 Å². The molecule has 0 saturated carbocycles. The van der Waals surface area contributed by atoms with Crippen molar-refractivity contribution >= 4 is 56.0 Å². The van der Waals surface area contributed by atoms with E-state index in [1.54, 1.807) is 31.2 Å². The van der Waals surface area contributed by atoms with Gasteiger partial charge < -0.3 is 20.7 Å². The van der Waals surface area contributed by atoms with Crippen molar-refractivity contribution in [1.82, 2.24) is 4.98 Å². The molecule has 0 aliphatic carbocycles. The zero-order valence-electron chi connectivity index (χ0n) is 16.2. The molecule has 150 valence electrons. The van der Waals surface area contributed by atoms with Crippen LogP contribution in [-0.2, 0) is 9.53 Å². The number of rotatable bonds is 5. The fourth-order valence-corrected chi connectivity index (χ4v) is 3.63. The normalized spacial score (nSPS) is 10.4. The van der Waals surface area contributed by atoms with E-state index in [9.17, 15) is 14.4 Å². The van der Waals surface area contributed by atoms with Crippen LogP contribution in [0.3, 0.4) is 0 Å². The summed E-state index contributed by atoms with van der Waals surface area (Å²) >= 11 is 1.35. The van der Waals surface area contributed by atoms with Gasteiger partial charge in [-0.3, -0.25) is 4.79 Å². The Hall–Kier alpha value is -3.46. The van der Waals surface area contributed by atoms with Crippen molar-refractivity contribution < 1.29 is 19.1 Å². The van der Waals surface area contributed by atoms with Crippen LogP contribution in [0.25, 0.3) is 10.2 Å². The van der Waals surface area contributed by atoms with Gasteiger partial charge in [-0.1, -0.05) is 18.3 Å². The van der Waals surface area contributed by atoms with Gasteiger partial charge in [0.2, 0.25) is 5.91 Å². The second-order valence-corrected chi connectivity index (χ2v) is 7.24. The van der Waals surface area contributed by atoms with E-state index < -0.39 is 12.0 Å². The summed E-state index contributed by atoms with van der Waals surface area (Å²) in [7, 11) is 1.31. The molecule has 2 aromatic carbocycles. The lowest BCUT2D eigenvalue weighted by Gasteiger charge is -2.09. The summed E-state index contributed by atoms with van der Waals surface area (Å²) in [5.74, 6) is -0.540. The Morgan fingerprint density at radius 3 is 2.38 bits per heavy atom. The molecule has 0 bridgehead atoms. The van der Waals surface area contributed by atoms with E-state index in [1.165, 1.54) is 18.4 Å². The van der Waals surface area contributed by atoms with Crippen molar-refractivity contribution in [2.75, 3.05) is 23.1 Å². The minimum Gasteiger partial charge on any atom is -0.465 e. The highest BCUT2D eigenvalue weighted by Crippen LogP contribution is 2.31. The predicted octanol–water partition coefficient (Wildman–Crippen LogP) is 4.38. The zero-order valence-corrected chi connectivity index (χ0v) is 17.0. The first-order chi connectivity index (χ1) is 13.9. The van der Waals surface area contributed by atoms with E-state index >= 15 is 0 Å². The summed E-state index contributed by atoms with van der Waals surface area (Å²) in [6, 6.07) is 9.58. The number of nitrogens with one attached hydrogen (secondary N) is 3. The molecule has 0 saturated heterocycles. The molecule has 0 aliphatic heterocycles. The maximum absolute atomic E-state index is 12.3. The van der Waals surface area contributed by atoms with Gasteiger partial charge in [-0.25, -0.2) is 14.6 Å². The highest BCUT2D eigenvalue weighted by molar-refractivity contribution is 7.22. The van der Waals surface area contributed by atoms with Gasteiger partial charge in [0.15, 0.2) is 5.13 Å². The first-order valence-corrected chi connectivity index (χ1v) is 9.68. The summed E-state index contributed by atoms with van der Waals surface area (Å²) < 4.78 is 5.50. The predicted molar refractivity (Wildman–Crippen MR) is 114 cm³/mol. The van der Waals surface area contributed by atoms with Gasteiger partial charge in [0, 0.05) is 17.8 Å². The van der Waals surface area contributed by atoms with Crippen LogP contribution in [0.2, 0.25) is 0 Å². The molecule has 1 heterocycles. The number of benzene rings is 2. The lowest BCUT2D eigenvalue weighted by Crippen LogP contribution is -2.19. The van der Waals surface area contributed by atoms with Crippen LogP contribution in [0.5, 0.6) is 0 Å². The number of nitrogens with zero attached hydrogens (tertiary/aromatic N) is 1. The van der Waals surface area contributed by atoms with Gasteiger partial charge >= 0.3 is 12.0 Å². The highest BCUT2D eigenvalue weighted by Gasteiger charge is 2.12. The molecule has 0 aliphatic rings. The Bertz CT molecular complexity index is 1080. The molecule has 0 fully saturated rings. The number of esters is 1. The molecule has 29 heavy (non-hydrogen) atoms. The second kappa shape index (κ2) is 8.70. The highest BCUT2D eigenvalue weighted by atomic mass is 32.1. The molecule has 3 amide bonds. The number of urea groups is 1. The number of carbonyl (C=O) groups is 3. The average Bonchev–Trinajstić information content (AvgIpc) is 3.10. The molecule has 0 atom stereocenters. The summed E-state index contributed by atoms with van der Waals surface area (Å²) in [5, 5.41) is 8.78. The Morgan fingerprint density at radius 2 is 1.72 bits per heavy atom. The van der Waals surface area contributed by atoms with E-state index in [2.05, 4.69) is 25.7 Å². The number of anilines is 3. The van der Waals surface area contributed by atoms with Crippen LogP contribution in [0.15, 0.2) is 36.4 Å². The first-order valence-electron chi connectivity index (χ1n) is 8.87. The molecule has 9 heteroatoms. The van der Waals surface area contributed by atoms with Gasteiger partial charge in [0.25, 0.3) is 0 Å². The zero-order chi connectivity index (χ0) is 21.0. The third-order valence-corrected chi connectivity index (χ3v) is 4.99. The Balaban J connectivity index is 1.71. The minimum absolute atomic E-state index is 0.0994. The molecule has 3 aromatic rings. The SMILES string of the molecule is CCC(=O)Nc1nc2c(C)cc(NC(=O)Nc3ccc(C(=O)OC)cc3)cc2s1. The maximum Gasteiger partial charge on any atom is 0.337 e. The Morgan fingerprint density at radius 1 is 1.03 bits per heavy atom. The van der Waals surface area contributed by atoms with E-state index in [0.717, 1.165) is 15.8 Å². The number of hydrogen-bond donors (Lipinski definition) is 3. The lowest BCUT2D eigenvalue weighted by atomic mass is 10.2. The van der Waals surface area contributed by atoms with Crippen molar-refractivity contribution in [2.24, 2.45) is 0 Å². The molecule has 1 aromatic heterocycles. The van der Waals surface area contributed by atoms with Crippen molar-refractivity contribution in [3.63, 3.8) is 0 Å². The minimum atomic E-state index is -0.441. The number of aryl methyl sites for hydroxylation is 1. The van der Waals surface area contributed by atoms with E-state index in [0.29, 0.717) is 28.5 Å². The number of thiazole rings is 1. The van der Waals surface area contributed by atoms with E-state index in [4.69, 9.17) is 0 Å². The number of methoxy groups -OCH3 is 1. The summed E-state index contributed by atoms with van der Waals surface area (Å²) in [6.45, 7) is 3.67. The number of aromatic nitrogens is 1.